The number of benzene rings is 1. The van der Waals surface area contributed by atoms with Crippen molar-refractivity contribution in [2.75, 3.05) is 7.11 Å². The zero-order chi connectivity index (χ0) is 9.68. The van der Waals surface area contributed by atoms with Gasteiger partial charge in [0.1, 0.15) is 0 Å². The molecule has 1 aromatic rings. The van der Waals surface area contributed by atoms with E-state index in [2.05, 4.69) is 9.47 Å². The van der Waals surface area contributed by atoms with Gasteiger partial charge >= 0.3 is 6.16 Å². The highest BCUT2D eigenvalue weighted by atomic mass is 19.1. The highest BCUT2D eigenvalue weighted by Crippen LogP contribution is 2.18. The Balaban J connectivity index is 2.59. The molecule has 0 aliphatic heterocycles. The Hall–Kier alpha value is -1.58. The molecule has 0 aliphatic carbocycles. The number of carbonyl (C=O) groups excluding carboxylic acids is 1. The van der Waals surface area contributed by atoms with Crippen LogP contribution in [0.25, 0.3) is 0 Å². The summed E-state index contributed by atoms with van der Waals surface area (Å²) in [6, 6.07) is 8.10. The molecular weight excluding hydrogens is 175 g/mol. The molecule has 0 spiro atoms. The number of ether oxygens (including phenoxy) is 2. The average molecular weight is 184 g/mol. The molecule has 0 saturated heterocycles. The van der Waals surface area contributed by atoms with Gasteiger partial charge in [0.15, 0.2) is 0 Å². The molecule has 1 atom stereocenters. The molecule has 0 aromatic heterocycles. The Bertz CT molecular complexity index is 273. The van der Waals surface area contributed by atoms with Crippen LogP contribution >= 0.6 is 0 Å². The second-order valence-corrected chi connectivity index (χ2v) is 2.30. The summed E-state index contributed by atoms with van der Waals surface area (Å²) in [6.45, 7) is 0. The predicted octanol–water partition coefficient (Wildman–Crippen LogP) is 2.44. The van der Waals surface area contributed by atoms with E-state index in [1.54, 1.807) is 18.2 Å². The molecule has 0 radical (unpaired) electrons. The van der Waals surface area contributed by atoms with Crippen LogP contribution in [-0.2, 0) is 9.47 Å². The fourth-order valence-electron chi connectivity index (χ4n) is 0.805. The smallest absolute Gasteiger partial charge is 0.438 e. The molecule has 4 heteroatoms. The summed E-state index contributed by atoms with van der Waals surface area (Å²) in [4.78, 5) is 10.5. The second kappa shape index (κ2) is 4.45. The van der Waals surface area contributed by atoms with E-state index in [0.717, 1.165) is 7.11 Å². The summed E-state index contributed by atoms with van der Waals surface area (Å²) in [7, 11) is 1.13. The van der Waals surface area contributed by atoms with Crippen molar-refractivity contribution in [2.45, 2.75) is 6.36 Å². The summed E-state index contributed by atoms with van der Waals surface area (Å²) in [6.07, 6.45) is -2.80. The minimum absolute atomic E-state index is 0.285. The quantitative estimate of drug-likeness (QED) is 0.662. The van der Waals surface area contributed by atoms with Crippen LogP contribution in [0, 0.1) is 0 Å². The highest BCUT2D eigenvalue weighted by molar-refractivity contribution is 5.59. The topological polar surface area (TPSA) is 35.5 Å². The molecule has 0 saturated carbocycles. The van der Waals surface area contributed by atoms with Crippen LogP contribution in [0.4, 0.5) is 9.18 Å². The maximum atomic E-state index is 13.0. The largest absolute Gasteiger partial charge is 0.510 e. The molecule has 13 heavy (non-hydrogen) atoms. The van der Waals surface area contributed by atoms with Gasteiger partial charge in [0, 0.05) is 5.56 Å². The summed E-state index contributed by atoms with van der Waals surface area (Å²) in [5.74, 6) is 0. The van der Waals surface area contributed by atoms with Crippen LogP contribution in [0.3, 0.4) is 0 Å². The molecule has 0 heterocycles. The number of hydrogen-bond donors (Lipinski definition) is 0. The zero-order valence-corrected chi connectivity index (χ0v) is 7.07. The Morgan fingerprint density at radius 1 is 1.38 bits per heavy atom. The fourth-order valence-corrected chi connectivity index (χ4v) is 0.805. The molecule has 0 N–H and O–H groups in total. The van der Waals surface area contributed by atoms with Crippen molar-refractivity contribution in [3.05, 3.63) is 35.9 Å². The standard InChI is InChI=1S/C9H9FO3/c1-12-9(11)13-8(10)7-5-3-2-4-6-7/h2-6,8H,1H3. The van der Waals surface area contributed by atoms with Gasteiger partial charge in [-0.1, -0.05) is 30.3 Å². The lowest BCUT2D eigenvalue weighted by molar-refractivity contribution is -0.0249. The average Bonchev–Trinajstić information content (AvgIpc) is 2.19. The van der Waals surface area contributed by atoms with Crippen molar-refractivity contribution in [3.8, 4) is 0 Å². The van der Waals surface area contributed by atoms with E-state index in [1.807, 2.05) is 0 Å². The van der Waals surface area contributed by atoms with Gasteiger partial charge in [-0.15, -0.1) is 0 Å². The normalized spacial score (nSPS) is 11.8. The van der Waals surface area contributed by atoms with E-state index >= 15 is 0 Å². The van der Waals surface area contributed by atoms with Crippen LogP contribution in [-0.4, -0.2) is 13.3 Å². The fraction of sp³-hybridized carbons (Fsp3) is 0.222. The van der Waals surface area contributed by atoms with E-state index in [-0.39, 0.29) is 5.56 Å². The van der Waals surface area contributed by atoms with E-state index < -0.39 is 12.5 Å². The number of hydrogen-bond acceptors (Lipinski definition) is 3. The van der Waals surface area contributed by atoms with Crippen LogP contribution in [0.1, 0.15) is 11.9 Å². The zero-order valence-electron chi connectivity index (χ0n) is 7.07. The van der Waals surface area contributed by atoms with Gasteiger partial charge in [0.05, 0.1) is 7.11 Å². The summed E-state index contributed by atoms with van der Waals surface area (Å²) in [5.41, 5.74) is 0.285. The molecule has 1 aromatic carbocycles. The van der Waals surface area contributed by atoms with Crippen molar-refractivity contribution in [2.24, 2.45) is 0 Å². The van der Waals surface area contributed by atoms with Crippen LogP contribution < -0.4 is 0 Å². The van der Waals surface area contributed by atoms with Gasteiger partial charge in [-0.2, -0.15) is 4.39 Å². The van der Waals surface area contributed by atoms with Crippen molar-refractivity contribution >= 4 is 6.16 Å². The number of rotatable bonds is 2. The predicted molar refractivity (Wildman–Crippen MR) is 43.8 cm³/mol. The molecular formula is C9H9FO3. The molecule has 0 fully saturated rings. The molecule has 1 unspecified atom stereocenters. The third-order valence-corrected chi connectivity index (χ3v) is 1.43. The number of methoxy groups -OCH3 is 1. The Labute approximate surface area is 75.1 Å². The van der Waals surface area contributed by atoms with Gasteiger partial charge in [-0.05, 0) is 0 Å². The van der Waals surface area contributed by atoms with Gasteiger partial charge in [0.25, 0.3) is 6.36 Å². The Morgan fingerprint density at radius 3 is 2.54 bits per heavy atom. The van der Waals surface area contributed by atoms with Crippen LogP contribution in [0.2, 0.25) is 0 Å². The second-order valence-electron chi connectivity index (χ2n) is 2.30. The third-order valence-electron chi connectivity index (χ3n) is 1.43. The first-order chi connectivity index (χ1) is 6.24. The van der Waals surface area contributed by atoms with Gasteiger partial charge in [0.2, 0.25) is 0 Å². The van der Waals surface area contributed by atoms with Gasteiger partial charge in [-0.3, -0.25) is 0 Å². The number of halogens is 1. The molecule has 1 rings (SSSR count). The van der Waals surface area contributed by atoms with E-state index in [0.29, 0.717) is 0 Å². The van der Waals surface area contributed by atoms with Crippen molar-refractivity contribution < 1.29 is 18.7 Å². The lowest BCUT2D eigenvalue weighted by Gasteiger charge is -2.07. The summed E-state index contributed by atoms with van der Waals surface area (Å²) in [5, 5.41) is 0. The van der Waals surface area contributed by atoms with Gasteiger partial charge in [-0.25, -0.2) is 4.79 Å². The SMILES string of the molecule is COC(=O)OC(F)c1ccccc1. The maximum absolute atomic E-state index is 13.0. The van der Waals surface area contributed by atoms with E-state index in [4.69, 9.17) is 0 Å². The Kier molecular flexibility index (Phi) is 3.25. The van der Waals surface area contributed by atoms with Crippen molar-refractivity contribution in [1.82, 2.24) is 0 Å². The Morgan fingerprint density at radius 2 is 2.00 bits per heavy atom. The first-order valence-corrected chi connectivity index (χ1v) is 3.67. The maximum Gasteiger partial charge on any atom is 0.510 e. The molecule has 70 valence electrons. The highest BCUT2D eigenvalue weighted by Gasteiger charge is 2.14. The first-order valence-electron chi connectivity index (χ1n) is 3.67. The van der Waals surface area contributed by atoms with Crippen LogP contribution in [0.5, 0.6) is 0 Å². The minimum Gasteiger partial charge on any atom is -0.438 e. The van der Waals surface area contributed by atoms with Crippen molar-refractivity contribution in [1.29, 1.82) is 0 Å². The molecule has 3 nitrogen and oxygen atoms in total. The number of alkyl halides is 1. The van der Waals surface area contributed by atoms with E-state index in [9.17, 15) is 9.18 Å². The third kappa shape index (κ3) is 2.74. The van der Waals surface area contributed by atoms with E-state index in [1.165, 1.54) is 12.1 Å². The van der Waals surface area contributed by atoms with Crippen LogP contribution in [0.15, 0.2) is 30.3 Å². The summed E-state index contributed by atoms with van der Waals surface area (Å²) < 4.78 is 21.4. The lowest BCUT2D eigenvalue weighted by Crippen LogP contribution is -2.07. The summed E-state index contributed by atoms with van der Waals surface area (Å²) >= 11 is 0. The monoisotopic (exact) mass is 184 g/mol. The minimum atomic E-state index is -1.77. The lowest BCUT2D eigenvalue weighted by atomic mass is 10.2. The van der Waals surface area contributed by atoms with Gasteiger partial charge < -0.3 is 9.47 Å². The molecule has 0 aliphatic rings. The van der Waals surface area contributed by atoms with Crippen molar-refractivity contribution in [3.63, 3.8) is 0 Å². The first kappa shape index (κ1) is 9.51. The molecule has 0 amide bonds. The number of carbonyl (C=O) groups is 1. The molecule has 0 bridgehead atoms.